The maximum Gasteiger partial charge on any atom is 0.119 e. The van der Waals surface area contributed by atoms with Gasteiger partial charge in [0, 0.05) is 12.2 Å². The minimum absolute atomic E-state index is 0.251. The van der Waals surface area contributed by atoms with Crippen molar-refractivity contribution in [2.75, 3.05) is 11.9 Å². The maximum atomic E-state index is 5.80. The molecule has 3 heteroatoms. The van der Waals surface area contributed by atoms with Gasteiger partial charge in [0.05, 0.1) is 12.7 Å². The Balaban J connectivity index is 1.77. The number of ether oxygens (including phenoxy) is 2. The number of rotatable bonds is 11. The first-order chi connectivity index (χ1) is 12.2. The highest BCUT2D eigenvalue weighted by Crippen LogP contribution is 2.19. The van der Waals surface area contributed by atoms with Crippen molar-refractivity contribution in [1.29, 1.82) is 0 Å². The molecule has 0 radical (unpaired) electrons. The quantitative estimate of drug-likeness (QED) is 0.505. The summed E-state index contributed by atoms with van der Waals surface area (Å²) >= 11 is 0. The molecule has 0 aliphatic heterocycles. The molecule has 0 aliphatic rings. The van der Waals surface area contributed by atoms with Gasteiger partial charge in [-0.15, -0.1) is 0 Å². The Kier molecular flexibility index (Phi) is 8.17. The van der Waals surface area contributed by atoms with E-state index in [0.717, 1.165) is 43.2 Å². The van der Waals surface area contributed by atoms with E-state index in [0.29, 0.717) is 0 Å². The lowest BCUT2D eigenvalue weighted by Crippen LogP contribution is -2.09. The summed E-state index contributed by atoms with van der Waals surface area (Å²) < 4.78 is 11.5. The molecule has 2 aromatic rings. The fourth-order valence-electron chi connectivity index (χ4n) is 2.42. The second-order valence-corrected chi connectivity index (χ2v) is 6.41. The SMILES string of the molecule is CCCCCOc1ccc(CNc2ccc(OC(C)CC)cc2)cc1. The van der Waals surface area contributed by atoms with Gasteiger partial charge in [-0.05, 0) is 61.7 Å². The van der Waals surface area contributed by atoms with Crippen LogP contribution in [0.4, 0.5) is 5.69 Å². The zero-order chi connectivity index (χ0) is 17.9. The van der Waals surface area contributed by atoms with Crippen LogP contribution in [-0.2, 0) is 6.54 Å². The summed E-state index contributed by atoms with van der Waals surface area (Å²) in [6.45, 7) is 8.01. The first-order valence-corrected chi connectivity index (χ1v) is 9.43. The minimum Gasteiger partial charge on any atom is -0.494 e. The van der Waals surface area contributed by atoms with Crippen LogP contribution in [0.15, 0.2) is 48.5 Å². The lowest BCUT2D eigenvalue weighted by atomic mass is 10.2. The molecule has 2 rings (SSSR count). The lowest BCUT2D eigenvalue weighted by molar-refractivity contribution is 0.217. The number of unbranched alkanes of at least 4 members (excludes halogenated alkanes) is 2. The highest BCUT2D eigenvalue weighted by Gasteiger charge is 2.01. The smallest absolute Gasteiger partial charge is 0.119 e. The first kappa shape index (κ1) is 19.2. The molecular formula is C22H31NO2. The molecule has 1 atom stereocenters. The predicted molar refractivity (Wildman–Crippen MR) is 106 cm³/mol. The summed E-state index contributed by atoms with van der Waals surface area (Å²) in [5.74, 6) is 1.87. The van der Waals surface area contributed by atoms with Crippen LogP contribution >= 0.6 is 0 Å². The Hall–Kier alpha value is -2.16. The summed E-state index contributed by atoms with van der Waals surface area (Å²) in [5.41, 5.74) is 2.33. The fraction of sp³-hybridized carbons (Fsp3) is 0.455. The van der Waals surface area contributed by atoms with Gasteiger partial charge in [-0.2, -0.15) is 0 Å². The highest BCUT2D eigenvalue weighted by atomic mass is 16.5. The molecule has 0 aliphatic carbocycles. The average Bonchev–Trinajstić information content (AvgIpc) is 2.65. The molecule has 2 aromatic carbocycles. The molecule has 0 aromatic heterocycles. The zero-order valence-corrected chi connectivity index (χ0v) is 15.8. The number of benzene rings is 2. The van der Waals surface area contributed by atoms with Gasteiger partial charge in [0.2, 0.25) is 0 Å². The molecule has 0 saturated carbocycles. The molecule has 0 amide bonds. The van der Waals surface area contributed by atoms with Gasteiger partial charge in [0.1, 0.15) is 11.5 Å². The van der Waals surface area contributed by atoms with E-state index in [1.165, 1.54) is 18.4 Å². The van der Waals surface area contributed by atoms with Gasteiger partial charge in [-0.1, -0.05) is 38.8 Å². The largest absolute Gasteiger partial charge is 0.494 e. The van der Waals surface area contributed by atoms with E-state index < -0.39 is 0 Å². The normalized spacial score (nSPS) is 11.8. The molecule has 25 heavy (non-hydrogen) atoms. The Labute approximate surface area is 152 Å². The van der Waals surface area contributed by atoms with Crippen molar-refractivity contribution in [3.8, 4) is 11.5 Å². The van der Waals surface area contributed by atoms with Gasteiger partial charge < -0.3 is 14.8 Å². The van der Waals surface area contributed by atoms with Crippen molar-refractivity contribution >= 4 is 5.69 Å². The van der Waals surface area contributed by atoms with Crippen LogP contribution in [0.25, 0.3) is 0 Å². The maximum absolute atomic E-state index is 5.80. The number of hydrogen-bond donors (Lipinski definition) is 1. The Morgan fingerprint density at radius 1 is 0.880 bits per heavy atom. The standard InChI is InChI=1S/C22H31NO2/c1-4-6-7-16-24-21-12-8-19(9-13-21)17-23-20-10-14-22(15-11-20)25-18(3)5-2/h8-15,18,23H,4-7,16-17H2,1-3H3. The third-order valence-electron chi connectivity index (χ3n) is 4.20. The van der Waals surface area contributed by atoms with Gasteiger partial charge in [-0.25, -0.2) is 0 Å². The molecule has 0 fully saturated rings. The summed E-state index contributed by atoms with van der Waals surface area (Å²) in [7, 11) is 0. The minimum atomic E-state index is 0.251. The summed E-state index contributed by atoms with van der Waals surface area (Å²) in [5, 5.41) is 3.44. The van der Waals surface area contributed by atoms with E-state index in [9.17, 15) is 0 Å². The van der Waals surface area contributed by atoms with Gasteiger partial charge in [-0.3, -0.25) is 0 Å². The van der Waals surface area contributed by atoms with Crippen LogP contribution in [0.2, 0.25) is 0 Å². The third kappa shape index (κ3) is 7.08. The van der Waals surface area contributed by atoms with Crippen molar-refractivity contribution < 1.29 is 9.47 Å². The van der Waals surface area contributed by atoms with Crippen molar-refractivity contribution in [1.82, 2.24) is 0 Å². The van der Waals surface area contributed by atoms with Gasteiger partial charge in [0.15, 0.2) is 0 Å². The van der Waals surface area contributed by atoms with Crippen LogP contribution in [0.3, 0.4) is 0 Å². The first-order valence-electron chi connectivity index (χ1n) is 9.43. The monoisotopic (exact) mass is 341 g/mol. The second kappa shape index (κ2) is 10.7. The Bertz CT molecular complexity index is 592. The number of hydrogen-bond acceptors (Lipinski definition) is 3. The molecule has 136 valence electrons. The van der Waals surface area contributed by atoms with E-state index in [-0.39, 0.29) is 6.10 Å². The third-order valence-corrected chi connectivity index (χ3v) is 4.20. The van der Waals surface area contributed by atoms with Crippen LogP contribution in [-0.4, -0.2) is 12.7 Å². The molecule has 0 bridgehead atoms. The van der Waals surface area contributed by atoms with Crippen molar-refractivity contribution in [2.45, 2.75) is 59.1 Å². The second-order valence-electron chi connectivity index (χ2n) is 6.41. The lowest BCUT2D eigenvalue weighted by Gasteiger charge is -2.13. The van der Waals surface area contributed by atoms with E-state index in [4.69, 9.17) is 9.47 Å². The molecule has 0 heterocycles. The molecule has 3 nitrogen and oxygen atoms in total. The topological polar surface area (TPSA) is 30.5 Å². The predicted octanol–water partition coefficient (Wildman–Crippen LogP) is 6.05. The van der Waals surface area contributed by atoms with E-state index in [1.54, 1.807) is 0 Å². The van der Waals surface area contributed by atoms with E-state index in [1.807, 2.05) is 24.3 Å². The van der Waals surface area contributed by atoms with Gasteiger partial charge >= 0.3 is 0 Å². The van der Waals surface area contributed by atoms with Crippen molar-refractivity contribution in [3.05, 3.63) is 54.1 Å². The van der Waals surface area contributed by atoms with Crippen LogP contribution in [0, 0.1) is 0 Å². The van der Waals surface area contributed by atoms with Crippen LogP contribution in [0.5, 0.6) is 11.5 Å². The molecule has 1 unspecified atom stereocenters. The van der Waals surface area contributed by atoms with Crippen molar-refractivity contribution in [3.63, 3.8) is 0 Å². The molecular weight excluding hydrogens is 310 g/mol. The summed E-state index contributed by atoms with van der Waals surface area (Å²) in [6, 6.07) is 16.5. The van der Waals surface area contributed by atoms with E-state index >= 15 is 0 Å². The molecule has 0 spiro atoms. The Morgan fingerprint density at radius 2 is 1.56 bits per heavy atom. The summed E-state index contributed by atoms with van der Waals surface area (Å²) in [6.07, 6.45) is 4.83. The Morgan fingerprint density at radius 3 is 2.20 bits per heavy atom. The van der Waals surface area contributed by atoms with Crippen LogP contribution < -0.4 is 14.8 Å². The molecule has 0 saturated heterocycles. The average molecular weight is 341 g/mol. The van der Waals surface area contributed by atoms with Gasteiger partial charge in [0.25, 0.3) is 0 Å². The molecule has 1 N–H and O–H groups in total. The van der Waals surface area contributed by atoms with Crippen LogP contribution in [0.1, 0.15) is 52.0 Å². The highest BCUT2D eigenvalue weighted by molar-refractivity contribution is 5.47. The van der Waals surface area contributed by atoms with E-state index in [2.05, 4.69) is 50.4 Å². The zero-order valence-electron chi connectivity index (χ0n) is 15.8. The number of anilines is 1. The fourth-order valence-corrected chi connectivity index (χ4v) is 2.42. The summed E-state index contributed by atoms with van der Waals surface area (Å²) in [4.78, 5) is 0. The van der Waals surface area contributed by atoms with Crippen molar-refractivity contribution in [2.24, 2.45) is 0 Å². The number of nitrogens with one attached hydrogen (secondary N) is 1.